The molecule has 0 spiro atoms. The van der Waals surface area contributed by atoms with Gasteiger partial charge in [0.05, 0.1) is 11.3 Å². The summed E-state index contributed by atoms with van der Waals surface area (Å²) in [7, 11) is -3.48. The molecule has 0 bridgehead atoms. The molecule has 2 aromatic rings. The molecule has 2 fully saturated rings. The topological polar surface area (TPSA) is 60.9 Å². The minimum Gasteiger partial charge on any atom is -0.368 e. The van der Waals surface area contributed by atoms with Gasteiger partial charge < -0.3 is 9.80 Å². The second-order valence-electron chi connectivity index (χ2n) is 8.92. The summed E-state index contributed by atoms with van der Waals surface area (Å²) in [6.07, 6.45) is -3.47. The summed E-state index contributed by atoms with van der Waals surface area (Å²) in [5.74, 6) is -0.326. The molecule has 2 heterocycles. The molecule has 35 heavy (non-hydrogen) atoms. The van der Waals surface area contributed by atoms with Gasteiger partial charge in [-0.25, -0.2) is 12.7 Å². The van der Waals surface area contributed by atoms with Crippen LogP contribution in [-0.2, 0) is 26.7 Å². The third-order valence-electron chi connectivity index (χ3n) is 6.56. The summed E-state index contributed by atoms with van der Waals surface area (Å²) in [5, 5.41) is 0. The predicted octanol–water partition coefficient (Wildman–Crippen LogP) is 4.36. The van der Waals surface area contributed by atoms with Crippen LogP contribution in [0.4, 0.5) is 18.9 Å². The summed E-state index contributed by atoms with van der Waals surface area (Å²) in [4.78, 5) is 16.7. The number of halogens is 4. The number of piperazine rings is 1. The second kappa shape index (κ2) is 10.5. The first kappa shape index (κ1) is 26.0. The standard InChI is InChI=1S/C24H27BrF3N3O3S/c25-21-5-1-3-18(15-21)17-35(33,34)31-9-7-19(8-10-31)23(32)30-13-11-29(12-14-30)22-6-2-4-20(16-22)24(26,27)28/h1-6,15-16,19H,7-14,17H2. The van der Waals surface area contributed by atoms with E-state index in [0.717, 1.165) is 16.6 Å². The van der Waals surface area contributed by atoms with E-state index in [1.54, 1.807) is 29.2 Å². The molecular weight excluding hydrogens is 547 g/mol. The number of nitrogens with zero attached hydrogens (tertiary/aromatic N) is 3. The number of hydrogen-bond donors (Lipinski definition) is 0. The van der Waals surface area contributed by atoms with Gasteiger partial charge in [-0.2, -0.15) is 13.2 Å². The van der Waals surface area contributed by atoms with Crippen molar-refractivity contribution in [3.05, 3.63) is 64.1 Å². The number of rotatable bonds is 5. The Hall–Kier alpha value is -2.11. The fourth-order valence-electron chi connectivity index (χ4n) is 4.63. The summed E-state index contributed by atoms with van der Waals surface area (Å²) < 4.78 is 67.0. The zero-order chi connectivity index (χ0) is 25.2. The molecule has 2 aliphatic rings. The van der Waals surface area contributed by atoms with Crippen molar-refractivity contribution in [2.45, 2.75) is 24.8 Å². The molecule has 2 aliphatic heterocycles. The lowest BCUT2D eigenvalue weighted by molar-refractivity contribution is -0.137. The molecule has 0 aromatic heterocycles. The molecule has 11 heteroatoms. The number of carbonyl (C=O) groups is 1. The Labute approximate surface area is 211 Å². The highest BCUT2D eigenvalue weighted by Gasteiger charge is 2.35. The molecule has 0 N–H and O–H groups in total. The van der Waals surface area contributed by atoms with Crippen LogP contribution in [-0.4, -0.2) is 62.8 Å². The average Bonchev–Trinajstić information content (AvgIpc) is 2.83. The molecule has 2 aromatic carbocycles. The maximum Gasteiger partial charge on any atom is 0.416 e. The van der Waals surface area contributed by atoms with Crippen LogP contribution >= 0.6 is 15.9 Å². The molecule has 190 valence electrons. The normalized spacial score (nSPS) is 18.6. The lowest BCUT2D eigenvalue weighted by Gasteiger charge is -2.39. The number of hydrogen-bond acceptors (Lipinski definition) is 4. The number of benzene rings is 2. The monoisotopic (exact) mass is 573 g/mol. The SMILES string of the molecule is O=C(C1CCN(S(=O)(=O)Cc2cccc(Br)c2)CC1)N1CCN(c2cccc(C(F)(F)F)c2)CC1. The fourth-order valence-corrected chi connectivity index (χ4v) is 6.63. The van der Waals surface area contributed by atoms with Crippen molar-refractivity contribution in [2.24, 2.45) is 5.92 Å². The summed E-state index contributed by atoms with van der Waals surface area (Å²) >= 11 is 3.36. The average molecular weight is 574 g/mol. The van der Waals surface area contributed by atoms with Crippen LogP contribution in [0.2, 0.25) is 0 Å². The van der Waals surface area contributed by atoms with E-state index in [1.807, 2.05) is 11.0 Å². The molecular formula is C24H27BrF3N3O3S. The van der Waals surface area contributed by atoms with E-state index < -0.39 is 21.8 Å². The van der Waals surface area contributed by atoms with Gasteiger partial charge in [0.1, 0.15) is 0 Å². The summed E-state index contributed by atoms with van der Waals surface area (Å²) in [6, 6.07) is 12.4. The minimum absolute atomic E-state index is 0.00210. The molecule has 0 saturated carbocycles. The van der Waals surface area contributed by atoms with Crippen LogP contribution in [0.25, 0.3) is 0 Å². The van der Waals surface area contributed by atoms with Crippen molar-refractivity contribution >= 4 is 37.5 Å². The van der Waals surface area contributed by atoms with Gasteiger partial charge in [-0.1, -0.05) is 34.1 Å². The number of piperidine rings is 1. The Balaban J connectivity index is 1.29. The molecule has 2 saturated heterocycles. The van der Waals surface area contributed by atoms with Gasteiger partial charge in [-0.3, -0.25) is 4.79 Å². The number of anilines is 1. The lowest BCUT2D eigenvalue weighted by atomic mass is 9.96. The van der Waals surface area contributed by atoms with Crippen molar-refractivity contribution in [2.75, 3.05) is 44.2 Å². The highest BCUT2D eigenvalue weighted by molar-refractivity contribution is 9.10. The van der Waals surface area contributed by atoms with E-state index in [-0.39, 0.29) is 17.6 Å². The first-order valence-electron chi connectivity index (χ1n) is 11.5. The van der Waals surface area contributed by atoms with Crippen molar-refractivity contribution < 1.29 is 26.4 Å². The Morgan fingerprint density at radius 2 is 1.60 bits per heavy atom. The van der Waals surface area contributed by atoms with Crippen LogP contribution in [0, 0.1) is 5.92 Å². The van der Waals surface area contributed by atoms with Crippen molar-refractivity contribution in [3.63, 3.8) is 0 Å². The zero-order valence-corrected chi connectivity index (χ0v) is 21.4. The van der Waals surface area contributed by atoms with Gasteiger partial charge in [0, 0.05) is 55.3 Å². The predicted molar refractivity (Wildman–Crippen MR) is 131 cm³/mol. The van der Waals surface area contributed by atoms with Gasteiger partial charge in [0.2, 0.25) is 15.9 Å². The molecule has 6 nitrogen and oxygen atoms in total. The van der Waals surface area contributed by atoms with Crippen molar-refractivity contribution in [3.8, 4) is 0 Å². The summed E-state index contributed by atoms with van der Waals surface area (Å²) in [6.45, 7) is 2.36. The van der Waals surface area contributed by atoms with Crippen molar-refractivity contribution in [1.29, 1.82) is 0 Å². The Bertz CT molecular complexity index is 1160. The van der Waals surface area contributed by atoms with Gasteiger partial charge in [-0.05, 0) is 48.7 Å². The van der Waals surface area contributed by atoms with E-state index in [9.17, 15) is 26.4 Å². The Morgan fingerprint density at radius 1 is 0.943 bits per heavy atom. The largest absolute Gasteiger partial charge is 0.416 e. The lowest BCUT2D eigenvalue weighted by Crippen LogP contribution is -2.52. The highest BCUT2D eigenvalue weighted by atomic mass is 79.9. The van der Waals surface area contributed by atoms with Gasteiger partial charge in [0.15, 0.2) is 0 Å². The maximum atomic E-state index is 13.1. The van der Waals surface area contributed by atoms with Gasteiger partial charge >= 0.3 is 6.18 Å². The third-order valence-corrected chi connectivity index (χ3v) is 8.91. The van der Waals surface area contributed by atoms with E-state index in [0.29, 0.717) is 63.4 Å². The molecule has 1 amide bonds. The minimum atomic E-state index is -4.39. The quantitative estimate of drug-likeness (QED) is 0.533. The number of sulfonamides is 1. The molecule has 0 atom stereocenters. The number of carbonyl (C=O) groups excluding carboxylic acids is 1. The van der Waals surface area contributed by atoms with Crippen LogP contribution in [0.5, 0.6) is 0 Å². The zero-order valence-electron chi connectivity index (χ0n) is 19.0. The van der Waals surface area contributed by atoms with Crippen LogP contribution in [0.15, 0.2) is 53.0 Å². The second-order valence-corrected chi connectivity index (χ2v) is 11.8. The van der Waals surface area contributed by atoms with Crippen LogP contribution in [0.3, 0.4) is 0 Å². The summed E-state index contributed by atoms with van der Waals surface area (Å²) in [5.41, 5.74) is 0.516. The first-order valence-corrected chi connectivity index (χ1v) is 13.9. The number of alkyl halides is 3. The first-order chi connectivity index (χ1) is 16.5. The Morgan fingerprint density at radius 3 is 2.23 bits per heavy atom. The van der Waals surface area contributed by atoms with E-state index in [4.69, 9.17) is 0 Å². The maximum absolute atomic E-state index is 13.1. The van der Waals surface area contributed by atoms with E-state index in [1.165, 1.54) is 10.4 Å². The third kappa shape index (κ3) is 6.37. The van der Waals surface area contributed by atoms with Gasteiger partial charge in [-0.15, -0.1) is 0 Å². The van der Waals surface area contributed by atoms with Crippen LogP contribution < -0.4 is 4.90 Å². The highest BCUT2D eigenvalue weighted by Crippen LogP contribution is 2.32. The van der Waals surface area contributed by atoms with Crippen LogP contribution in [0.1, 0.15) is 24.0 Å². The van der Waals surface area contributed by atoms with Gasteiger partial charge in [0.25, 0.3) is 0 Å². The van der Waals surface area contributed by atoms with E-state index in [2.05, 4.69) is 15.9 Å². The number of amides is 1. The fraction of sp³-hybridized carbons (Fsp3) is 0.458. The molecule has 0 aliphatic carbocycles. The molecule has 4 rings (SSSR count). The molecule has 0 radical (unpaired) electrons. The van der Waals surface area contributed by atoms with Crippen molar-refractivity contribution in [1.82, 2.24) is 9.21 Å². The molecule has 0 unspecified atom stereocenters. The van der Waals surface area contributed by atoms with E-state index >= 15 is 0 Å². The smallest absolute Gasteiger partial charge is 0.368 e. The Kier molecular flexibility index (Phi) is 7.77.